The van der Waals surface area contributed by atoms with Crippen molar-refractivity contribution in [2.45, 2.75) is 59.3 Å². The van der Waals surface area contributed by atoms with Crippen molar-refractivity contribution < 1.29 is 15.3 Å². The van der Waals surface area contributed by atoms with Gasteiger partial charge >= 0.3 is 0 Å². The summed E-state index contributed by atoms with van der Waals surface area (Å²) < 4.78 is 0. The van der Waals surface area contributed by atoms with Gasteiger partial charge in [-0.1, -0.05) is 59.2 Å². The molecule has 0 radical (unpaired) electrons. The van der Waals surface area contributed by atoms with Gasteiger partial charge in [-0.25, -0.2) is 0 Å². The Balaban J connectivity index is 0.000000300. The Kier molecular flexibility index (Phi) is 5.94. The molecule has 0 aliphatic heterocycles. The largest absolute Gasteiger partial charge is 0.508 e. The fraction of sp³-hybridized carbons (Fsp3) is 0.429. The highest BCUT2D eigenvalue weighted by Gasteiger charge is 2.25. The van der Waals surface area contributed by atoms with E-state index in [9.17, 15) is 5.11 Å². The van der Waals surface area contributed by atoms with E-state index in [-0.39, 0.29) is 22.3 Å². The Labute approximate surface area is 145 Å². The van der Waals surface area contributed by atoms with Gasteiger partial charge in [0, 0.05) is 0 Å². The van der Waals surface area contributed by atoms with Crippen LogP contribution in [-0.2, 0) is 10.8 Å². The summed E-state index contributed by atoms with van der Waals surface area (Å²) in [5, 5.41) is 27.7. The first-order chi connectivity index (χ1) is 10.8. The summed E-state index contributed by atoms with van der Waals surface area (Å²) in [6, 6.07) is 9.88. The molecule has 2 aromatic rings. The smallest absolute Gasteiger partial charge is 0.123 e. The lowest BCUT2D eigenvalue weighted by atomic mass is 9.78. The Bertz CT molecular complexity index is 616. The molecule has 0 heterocycles. The van der Waals surface area contributed by atoms with Crippen molar-refractivity contribution in [2.24, 2.45) is 0 Å². The van der Waals surface area contributed by atoms with Gasteiger partial charge < -0.3 is 15.3 Å². The van der Waals surface area contributed by atoms with Crippen LogP contribution in [0.15, 0.2) is 36.4 Å². The summed E-state index contributed by atoms with van der Waals surface area (Å²) in [5.41, 5.74) is 3.26. The molecule has 3 nitrogen and oxygen atoms in total. The zero-order valence-electron chi connectivity index (χ0n) is 15.8. The lowest BCUT2D eigenvalue weighted by Gasteiger charge is -2.27. The number of benzene rings is 2. The van der Waals surface area contributed by atoms with Gasteiger partial charge in [-0.15, -0.1) is 0 Å². The number of aromatic hydroxyl groups is 3. The summed E-state index contributed by atoms with van der Waals surface area (Å²) in [4.78, 5) is 0. The summed E-state index contributed by atoms with van der Waals surface area (Å²) in [6.07, 6.45) is 0. The van der Waals surface area contributed by atoms with E-state index in [4.69, 9.17) is 10.2 Å². The van der Waals surface area contributed by atoms with Crippen molar-refractivity contribution in [1.82, 2.24) is 0 Å². The lowest BCUT2D eigenvalue weighted by Crippen LogP contribution is -2.17. The van der Waals surface area contributed by atoms with Crippen molar-refractivity contribution in [3.05, 3.63) is 53.1 Å². The normalized spacial score (nSPS) is 11.6. The zero-order valence-corrected chi connectivity index (χ0v) is 15.8. The maximum absolute atomic E-state index is 10.4. The molecule has 0 fully saturated rings. The SMILES string of the molecule is Cc1cc(C(C)(C)C)c(O)c(C(C)(C)C)c1.Oc1ccc(O)cc1. The molecule has 0 aliphatic rings. The van der Waals surface area contributed by atoms with Crippen molar-refractivity contribution in [3.8, 4) is 17.2 Å². The van der Waals surface area contributed by atoms with Crippen LogP contribution in [0, 0.1) is 6.92 Å². The van der Waals surface area contributed by atoms with Crippen LogP contribution in [0.25, 0.3) is 0 Å². The highest BCUT2D eigenvalue weighted by atomic mass is 16.3. The summed E-state index contributed by atoms with van der Waals surface area (Å²) in [5.74, 6) is 0.802. The molecule has 0 atom stereocenters. The number of aryl methyl sites for hydroxylation is 1. The molecule has 2 aromatic carbocycles. The molecule has 3 heteroatoms. The molecule has 0 unspecified atom stereocenters. The van der Waals surface area contributed by atoms with Crippen molar-refractivity contribution in [2.75, 3.05) is 0 Å². The highest BCUT2D eigenvalue weighted by molar-refractivity contribution is 5.49. The van der Waals surface area contributed by atoms with Gasteiger partial charge in [-0.05, 0) is 53.1 Å². The van der Waals surface area contributed by atoms with Gasteiger partial charge in [0.1, 0.15) is 17.2 Å². The molecule has 0 aliphatic carbocycles. The Morgan fingerprint density at radius 2 is 0.917 bits per heavy atom. The fourth-order valence-corrected chi connectivity index (χ4v) is 2.37. The van der Waals surface area contributed by atoms with Crippen LogP contribution in [0.4, 0.5) is 0 Å². The summed E-state index contributed by atoms with van der Waals surface area (Å²) in [6.45, 7) is 14.9. The minimum absolute atomic E-state index is 0.0178. The van der Waals surface area contributed by atoms with Crippen molar-refractivity contribution in [3.63, 3.8) is 0 Å². The number of hydrogen-bond acceptors (Lipinski definition) is 3. The second-order valence-corrected chi connectivity index (χ2v) is 8.23. The monoisotopic (exact) mass is 330 g/mol. The fourth-order valence-electron chi connectivity index (χ4n) is 2.37. The third kappa shape index (κ3) is 5.48. The highest BCUT2D eigenvalue weighted by Crippen LogP contribution is 2.39. The Morgan fingerprint density at radius 1 is 0.625 bits per heavy atom. The van der Waals surface area contributed by atoms with Gasteiger partial charge in [-0.3, -0.25) is 0 Å². The van der Waals surface area contributed by atoms with E-state index < -0.39 is 0 Å². The molecule has 0 amide bonds. The van der Waals surface area contributed by atoms with Crippen LogP contribution in [0.3, 0.4) is 0 Å². The number of phenolic OH excluding ortho intramolecular Hbond substituents is 3. The number of rotatable bonds is 0. The summed E-state index contributed by atoms with van der Waals surface area (Å²) in [7, 11) is 0. The van der Waals surface area contributed by atoms with E-state index in [0.29, 0.717) is 5.75 Å². The molecule has 0 saturated carbocycles. The van der Waals surface area contributed by atoms with Gasteiger partial charge in [0.15, 0.2) is 0 Å². The number of hydrogen-bond donors (Lipinski definition) is 3. The molecular formula is C21H30O3. The Morgan fingerprint density at radius 3 is 1.17 bits per heavy atom. The van der Waals surface area contributed by atoms with Gasteiger partial charge in [0.2, 0.25) is 0 Å². The third-order valence-corrected chi connectivity index (χ3v) is 3.72. The quantitative estimate of drug-likeness (QED) is 0.567. The summed E-state index contributed by atoms with van der Waals surface area (Å²) >= 11 is 0. The molecule has 0 aromatic heterocycles. The predicted octanol–water partition coefficient (Wildman–Crippen LogP) is 5.39. The molecule has 0 spiro atoms. The van der Waals surface area contributed by atoms with E-state index in [0.717, 1.165) is 11.1 Å². The molecule has 0 bridgehead atoms. The van der Waals surface area contributed by atoms with Gasteiger partial charge in [-0.2, -0.15) is 0 Å². The van der Waals surface area contributed by atoms with Crippen LogP contribution in [0.5, 0.6) is 17.2 Å². The molecular weight excluding hydrogens is 300 g/mol. The molecule has 3 N–H and O–H groups in total. The second kappa shape index (κ2) is 7.16. The van der Waals surface area contributed by atoms with Gasteiger partial charge in [0.25, 0.3) is 0 Å². The van der Waals surface area contributed by atoms with Crippen LogP contribution in [0.2, 0.25) is 0 Å². The van der Waals surface area contributed by atoms with Crippen LogP contribution in [0.1, 0.15) is 58.2 Å². The first-order valence-electron chi connectivity index (χ1n) is 8.15. The third-order valence-electron chi connectivity index (χ3n) is 3.72. The molecule has 2 rings (SSSR count). The second-order valence-electron chi connectivity index (χ2n) is 8.23. The van der Waals surface area contributed by atoms with Crippen molar-refractivity contribution in [1.29, 1.82) is 0 Å². The van der Waals surface area contributed by atoms with Gasteiger partial charge in [0.05, 0.1) is 0 Å². The van der Waals surface area contributed by atoms with Crippen LogP contribution >= 0.6 is 0 Å². The molecule has 0 saturated heterocycles. The maximum Gasteiger partial charge on any atom is 0.123 e. The van der Waals surface area contributed by atoms with E-state index in [2.05, 4.69) is 60.6 Å². The zero-order chi connectivity index (χ0) is 18.7. The first-order valence-corrected chi connectivity index (χ1v) is 8.15. The minimum atomic E-state index is -0.0178. The lowest BCUT2D eigenvalue weighted by molar-refractivity contribution is 0.423. The average molecular weight is 330 g/mol. The predicted molar refractivity (Wildman–Crippen MR) is 100 cm³/mol. The van der Waals surface area contributed by atoms with E-state index >= 15 is 0 Å². The topological polar surface area (TPSA) is 60.7 Å². The van der Waals surface area contributed by atoms with E-state index in [1.807, 2.05) is 0 Å². The Hall–Kier alpha value is -2.16. The van der Waals surface area contributed by atoms with Crippen molar-refractivity contribution >= 4 is 0 Å². The minimum Gasteiger partial charge on any atom is -0.508 e. The first kappa shape index (κ1) is 19.9. The standard InChI is InChI=1S/C15H24O.C6H6O2/c1-10-8-11(14(2,3)4)13(16)12(9-10)15(5,6)7;7-5-1-2-6(8)4-3-5/h8-9,16H,1-7H3;1-4,7-8H. The van der Waals surface area contributed by atoms with Crippen LogP contribution < -0.4 is 0 Å². The molecule has 24 heavy (non-hydrogen) atoms. The molecule has 132 valence electrons. The van der Waals surface area contributed by atoms with Crippen LogP contribution in [-0.4, -0.2) is 15.3 Å². The van der Waals surface area contributed by atoms with E-state index in [1.54, 1.807) is 0 Å². The average Bonchev–Trinajstić information content (AvgIpc) is 2.42. The maximum atomic E-state index is 10.4. The number of phenols is 3. The van der Waals surface area contributed by atoms with E-state index in [1.165, 1.54) is 29.8 Å².